The minimum absolute atomic E-state index is 0.00435. The van der Waals surface area contributed by atoms with Gasteiger partial charge in [0.2, 0.25) is 11.8 Å². The van der Waals surface area contributed by atoms with E-state index in [0.717, 1.165) is 30.6 Å². The van der Waals surface area contributed by atoms with Crippen molar-refractivity contribution in [1.82, 2.24) is 10.6 Å². The number of methoxy groups -OCH3 is 1. The lowest BCUT2D eigenvalue weighted by atomic mass is 10.1. The van der Waals surface area contributed by atoms with Crippen LogP contribution in [0.1, 0.15) is 18.4 Å². The van der Waals surface area contributed by atoms with Crippen molar-refractivity contribution >= 4 is 11.8 Å². The van der Waals surface area contributed by atoms with E-state index in [1.807, 2.05) is 24.3 Å². The first kappa shape index (κ1) is 14.4. The highest BCUT2D eigenvalue weighted by atomic mass is 16.5. The van der Waals surface area contributed by atoms with Crippen LogP contribution in [0, 0.1) is 5.92 Å². The van der Waals surface area contributed by atoms with Crippen molar-refractivity contribution in [3.63, 3.8) is 0 Å². The van der Waals surface area contributed by atoms with Crippen LogP contribution in [0.15, 0.2) is 24.3 Å². The Kier molecular flexibility index (Phi) is 4.98. The number of ether oxygens (including phenoxy) is 1. The van der Waals surface area contributed by atoms with E-state index in [-0.39, 0.29) is 24.3 Å². The summed E-state index contributed by atoms with van der Waals surface area (Å²) in [6.45, 7) is 0.627. The molecule has 1 saturated carbocycles. The van der Waals surface area contributed by atoms with Crippen molar-refractivity contribution in [2.75, 3.05) is 20.2 Å². The second-order valence-electron chi connectivity index (χ2n) is 4.94. The van der Waals surface area contributed by atoms with Crippen LogP contribution in [-0.2, 0) is 16.0 Å². The van der Waals surface area contributed by atoms with Gasteiger partial charge >= 0.3 is 0 Å². The highest BCUT2D eigenvalue weighted by molar-refractivity contribution is 5.86. The van der Waals surface area contributed by atoms with Gasteiger partial charge in [0.1, 0.15) is 5.75 Å². The minimum atomic E-state index is -0.146. The molecule has 5 nitrogen and oxygen atoms in total. The third-order valence-electron chi connectivity index (χ3n) is 3.27. The molecule has 0 saturated heterocycles. The van der Waals surface area contributed by atoms with Crippen molar-refractivity contribution < 1.29 is 14.3 Å². The Hall–Kier alpha value is -2.04. The Bertz CT molecular complexity index is 467. The second-order valence-corrected chi connectivity index (χ2v) is 4.94. The number of nitrogens with one attached hydrogen (secondary N) is 2. The van der Waals surface area contributed by atoms with Gasteiger partial charge in [0, 0.05) is 12.5 Å². The number of rotatable bonds is 7. The van der Waals surface area contributed by atoms with Gasteiger partial charge in [-0.15, -0.1) is 0 Å². The van der Waals surface area contributed by atoms with Gasteiger partial charge in [-0.25, -0.2) is 0 Å². The first-order valence-corrected chi connectivity index (χ1v) is 6.86. The quantitative estimate of drug-likeness (QED) is 0.777. The van der Waals surface area contributed by atoms with Gasteiger partial charge < -0.3 is 15.4 Å². The molecule has 2 N–H and O–H groups in total. The molecule has 1 aliphatic carbocycles. The normalized spacial score (nSPS) is 13.7. The molecule has 0 aliphatic heterocycles. The largest absolute Gasteiger partial charge is 0.497 e. The summed E-state index contributed by atoms with van der Waals surface area (Å²) >= 11 is 0. The summed E-state index contributed by atoms with van der Waals surface area (Å²) in [6.07, 6.45) is 2.65. The molecule has 5 heteroatoms. The predicted molar refractivity (Wildman–Crippen MR) is 75.4 cm³/mol. The molecule has 0 unspecified atom stereocenters. The van der Waals surface area contributed by atoms with Gasteiger partial charge in [-0.3, -0.25) is 9.59 Å². The first-order chi connectivity index (χ1) is 9.69. The van der Waals surface area contributed by atoms with Crippen molar-refractivity contribution in [1.29, 1.82) is 0 Å². The summed E-state index contributed by atoms with van der Waals surface area (Å²) in [4.78, 5) is 22.9. The number of carbonyl (C=O) groups excluding carboxylic acids is 2. The molecular formula is C15H20N2O3. The maximum atomic E-state index is 11.5. The Labute approximate surface area is 118 Å². The molecular weight excluding hydrogens is 256 g/mol. The highest BCUT2D eigenvalue weighted by Crippen LogP contribution is 2.28. The van der Waals surface area contributed by atoms with Crippen LogP contribution >= 0.6 is 0 Å². The summed E-state index contributed by atoms with van der Waals surface area (Å²) in [7, 11) is 1.63. The fourth-order valence-corrected chi connectivity index (χ4v) is 1.86. The molecule has 0 heterocycles. The SMILES string of the molecule is COc1ccc(CCNC(=O)CNC(=O)C2CC2)cc1. The Balaban J connectivity index is 1.61. The average Bonchev–Trinajstić information content (AvgIpc) is 3.30. The number of carbonyl (C=O) groups is 2. The van der Waals surface area contributed by atoms with Crippen LogP contribution in [0.3, 0.4) is 0 Å². The summed E-state index contributed by atoms with van der Waals surface area (Å²) in [6, 6.07) is 7.74. The van der Waals surface area contributed by atoms with Gasteiger partial charge in [0.25, 0.3) is 0 Å². The molecule has 1 aromatic rings. The first-order valence-electron chi connectivity index (χ1n) is 6.86. The van der Waals surface area contributed by atoms with E-state index in [4.69, 9.17) is 4.74 Å². The van der Waals surface area contributed by atoms with Crippen LogP contribution in [0.2, 0.25) is 0 Å². The number of amides is 2. The van der Waals surface area contributed by atoms with E-state index in [2.05, 4.69) is 10.6 Å². The molecule has 1 fully saturated rings. The van der Waals surface area contributed by atoms with E-state index in [1.165, 1.54) is 0 Å². The number of hydrogen-bond acceptors (Lipinski definition) is 3. The van der Waals surface area contributed by atoms with Crippen LogP contribution in [-0.4, -0.2) is 32.0 Å². The molecule has 0 bridgehead atoms. The molecule has 0 spiro atoms. The molecule has 2 rings (SSSR count). The van der Waals surface area contributed by atoms with E-state index >= 15 is 0 Å². The Morgan fingerprint density at radius 3 is 2.50 bits per heavy atom. The molecule has 1 aromatic carbocycles. The summed E-state index contributed by atoms with van der Waals surface area (Å²) < 4.78 is 5.08. The van der Waals surface area contributed by atoms with Crippen LogP contribution in [0.4, 0.5) is 0 Å². The van der Waals surface area contributed by atoms with Crippen molar-refractivity contribution in [2.24, 2.45) is 5.92 Å². The zero-order valence-corrected chi connectivity index (χ0v) is 11.6. The highest BCUT2D eigenvalue weighted by Gasteiger charge is 2.29. The lowest BCUT2D eigenvalue weighted by Gasteiger charge is -2.07. The van der Waals surface area contributed by atoms with Crippen molar-refractivity contribution in [2.45, 2.75) is 19.3 Å². The van der Waals surface area contributed by atoms with Crippen molar-refractivity contribution in [3.8, 4) is 5.75 Å². The van der Waals surface area contributed by atoms with Crippen LogP contribution < -0.4 is 15.4 Å². The second kappa shape index (κ2) is 6.93. The van der Waals surface area contributed by atoms with Crippen LogP contribution in [0.5, 0.6) is 5.75 Å². The predicted octanol–water partition coefficient (Wildman–Crippen LogP) is 0.880. The molecule has 20 heavy (non-hydrogen) atoms. The topological polar surface area (TPSA) is 67.4 Å². The lowest BCUT2D eigenvalue weighted by Crippen LogP contribution is -2.38. The Morgan fingerprint density at radius 2 is 1.90 bits per heavy atom. The summed E-state index contributed by atoms with van der Waals surface area (Å²) in [5.41, 5.74) is 1.13. The number of benzene rings is 1. The lowest BCUT2D eigenvalue weighted by molar-refractivity contribution is -0.126. The van der Waals surface area contributed by atoms with Gasteiger partial charge in [-0.05, 0) is 37.0 Å². The third-order valence-corrected chi connectivity index (χ3v) is 3.27. The average molecular weight is 276 g/mol. The minimum Gasteiger partial charge on any atom is -0.497 e. The smallest absolute Gasteiger partial charge is 0.239 e. The standard InChI is InChI=1S/C15H20N2O3/c1-20-13-6-2-11(3-7-13)8-9-16-14(18)10-17-15(19)12-4-5-12/h2-3,6-7,12H,4-5,8-10H2,1H3,(H,16,18)(H,17,19). The fourth-order valence-electron chi connectivity index (χ4n) is 1.86. The van der Waals surface area contributed by atoms with Gasteiger partial charge in [0.15, 0.2) is 0 Å². The maximum Gasteiger partial charge on any atom is 0.239 e. The molecule has 108 valence electrons. The van der Waals surface area contributed by atoms with E-state index in [1.54, 1.807) is 7.11 Å². The fraction of sp³-hybridized carbons (Fsp3) is 0.467. The number of hydrogen-bond donors (Lipinski definition) is 2. The molecule has 0 radical (unpaired) electrons. The van der Waals surface area contributed by atoms with E-state index in [0.29, 0.717) is 6.54 Å². The van der Waals surface area contributed by atoms with Gasteiger partial charge in [-0.2, -0.15) is 0 Å². The third kappa shape index (κ3) is 4.57. The molecule has 2 amide bonds. The van der Waals surface area contributed by atoms with E-state index in [9.17, 15) is 9.59 Å². The van der Waals surface area contributed by atoms with Gasteiger partial charge in [-0.1, -0.05) is 12.1 Å². The zero-order chi connectivity index (χ0) is 14.4. The van der Waals surface area contributed by atoms with Gasteiger partial charge in [0.05, 0.1) is 13.7 Å². The molecule has 0 atom stereocenters. The zero-order valence-electron chi connectivity index (χ0n) is 11.6. The van der Waals surface area contributed by atoms with Crippen molar-refractivity contribution in [3.05, 3.63) is 29.8 Å². The maximum absolute atomic E-state index is 11.5. The summed E-state index contributed by atoms with van der Waals surface area (Å²) in [5.74, 6) is 0.811. The monoisotopic (exact) mass is 276 g/mol. The van der Waals surface area contributed by atoms with E-state index < -0.39 is 0 Å². The molecule has 1 aliphatic rings. The summed E-state index contributed by atoms with van der Waals surface area (Å²) in [5, 5.41) is 5.43. The molecule has 0 aromatic heterocycles. The Morgan fingerprint density at radius 1 is 1.20 bits per heavy atom. The van der Waals surface area contributed by atoms with Crippen LogP contribution in [0.25, 0.3) is 0 Å².